The molecule has 0 amide bonds. The quantitative estimate of drug-likeness (QED) is 0.746. The first-order valence-corrected chi connectivity index (χ1v) is 6.17. The monoisotopic (exact) mass is 197 g/mol. The average molecular weight is 197 g/mol. The summed E-state index contributed by atoms with van der Waals surface area (Å²) in [6, 6.07) is 0.720. The molecule has 2 aliphatic rings. The highest BCUT2D eigenvalue weighted by molar-refractivity contribution is 4.78. The lowest BCUT2D eigenvalue weighted by atomic mass is 9.99. The van der Waals surface area contributed by atoms with Gasteiger partial charge in [-0.25, -0.2) is 0 Å². The highest BCUT2D eigenvalue weighted by atomic mass is 16.5. The van der Waals surface area contributed by atoms with E-state index in [2.05, 4.69) is 12.2 Å². The zero-order valence-corrected chi connectivity index (χ0v) is 9.30. The van der Waals surface area contributed by atoms with Crippen LogP contribution in [-0.4, -0.2) is 25.8 Å². The largest absolute Gasteiger partial charge is 0.381 e. The minimum atomic E-state index is 0.720. The number of rotatable bonds is 4. The lowest BCUT2D eigenvalue weighted by Crippen LogP contribution is -2.36. The summed E-state index contributed by atoms with van der Waals surface area (Å²) in [4.78, 5) is 0. The Kier molecular flexibility index (Phi) is 3.82. The summed E-state index contributed by atoms with van der Waals surface area (Å²) >= 11 is 0. The molecule has 1 unspecified atom stereocenters. The van der Waals surface area contributed by atoms with Gasteiger partial charge in [0.2, 0.25) is 0 Å². The zero-order chi connectivity index (χ0) is 9.80. The second-order valence-corrected chi connectivity index (χ2v) is 4.97. The van der Waals surface area contributed by atoms with E-state index in [1.807, 2.05) is 0 Å². The molecular weight excluding hydrogens is 174 g/mol. The number of hydrogen-bond acceptors (Lipinski definition) is 2. The lowest BCUT2D eigenvalue weighted by molar-refractivity contribution is 0.184. The van der Waals surface area contributed by atoms with Crippen LogP contribution < -0.4 is 5.32 Å². The van der Waals surface area contributed by atoms with Crippen molar-refractivity contribution in [3.05, 3.63) is 0 Å². The Balaban J connectivity index is 1.63. The minimum absolute atomic E-state index is 0.720. The molecule has 0 spiro atoms. The standard InChI is InChI=1S/C12H23NO/c1-10(12-4-2-3-5-12)13-8-11-6-7-14-9-11/h10-13H,2-9H2,1H3/t10-,11?/m1/s1. The second kappa shape index (κ2) is 5.13. The average Bonchev–Trinajstić information content (AvgIpc) is 2.87. The summed E-state index contributed by atoms with van der Waals surface area (Å²) in [5.41, 5.74) is 0. The molecule has 0 aromatic heterocycles. The molecule has 0 radical (unpaired) electrons. The van der Waals surface area contributed by atoms with Gasteiger partial charge in [0.15, 0.2) is 0 Å². The van der Waals surface area contributed by atoms with E-state index in [1.54, 1.807) is 0 Å². The van der Waals surface area contributed by atoms with Crippen LogP contribution in [0.15, 0.2) is 0 Å². The topological polar surface area (TPSA) is 21.3 Å². The van der Waals surface area contributed by atoms with Crippen LogP contribution in [0, 0.1) is 11.8 Å². The van der Waals surface area contributed by atoms with Crippen LogP contribution in [-0.2, 0) is 4.74 Å². The number of nitrogens with one attached hydrogen (secondary N) is 1. The highest BCUT2D eigenvalue weighted by Gasteiger charge is 2.22. The molecule has 1 aliphatic carbocycles. The third-order valence-corrected chi connectivity index (χ3v) is 3.86. The van der Waals surface area contributed by atoms with Crippen LogP contribution in [0.25, 0.3) is 0 Å². The van der Waals surface area contributed by atoms with Crippen molar-refractivity contribution in [1.29, 1.82) is 0 Å². The van der Waals surface area contributed by atoms with Crippen LogP contribution in [0.3, 0.4) is 0 Å². The van der Waals surface area contributed by atoms with E-state index in [-0.39, 0.29) is 0 Å². The molecule has 0 bridgehead atoms. The fraction of sp³-hybridized carbons (Fsp3) is 1.00. The van der Waals surface area contributed by atoms with Gasteiger partial charge in [0, 0.05) is 19.2 Å². The maximum Gasteiger partial charge on any atom is 0.0507 e. The van der Waals surface area contributed by atoms with Gasteiger partial charge in [-0.15, -0.1) is 0 Å². The maximum absolute atomic E-state index is 5.37. The summed E-state index contributed by atoms with van der Waals surface area (Å²) < 4.78 is 5.37. The molecule has 14 heavy (non-hydrogen) atoms. The maximum atomic E-state index is 5.37. The van der Waals surface area contributed by atoms with Crippen LogP contribution in [0.4, 0.5) is 0 Å². The molecule has 1 aliphatic heterocycles. The fourth-order valence-electron chi connectivity index (χ4n) is 2.72. The first-order valence-electron chi connectivity index (χ1n) is 6.17. The molecule has 1 heterocycles. The number of ether oxygens (including phenoxy) is 1. The van der Waals surface area contributed by atoms with Crippen molar-refractivity contribution in [3.63, 3.8) is 0 Å². The normalized spacial score (nSPS) is 31.1. The summed E-state index contributed by atoms with van der Waals surface area (Å²) in [7, 11) is 0. The molecule has 1 saturated carbocycles. The Morgan fingerprint density at radius 3 is 2.71 bits per heavy atom. The summed E-state index contributed by atoms with van der Waals surface area (Å²) in [6.45, 7) is 5.47. The van der Waals surface area contributed by atoms with Crippen molar-refractivity contribution >= 4 is 0 Å². The third kappa shape index (κ3) is 2.71. The van der Waals surface area contributed by atoms with Crippen LogP contribution in [0.2, 0.25) is 0 Å². The van der Waals surface area contributed by atoms with Crippen molar-refractivity contribution in [2.75, 3.05) is 19.8 Å². The Labute approximate surface area is 87.4 Å². The molecule has 1 N–H and O–H groups in total. The molecular formula is C12H23NO. The van der Waals surface area contributed by atoms with Crippen LogP contribution in [0.1, 0.15) is 39.0 Å². The fourth-order valence-corrected chi connectivity index (χ4v) is 2.72. The van der Waals surface area contributed by atoms with Gasteiger partial charge < -0.3 is 10.1 Å². The van der Waals surface area contributed by atoms with E-state index in [0.717, 1.165) is 37.6 Å². The molecule has 82 valence electrons. The molecule has 2 nitrogen and oxygen atoms in total. The van der Waals surface area contributed by atoms with Gasteiger partial charge in [0.05, 0.1) is 6.61 Å². The zero-order valence-electron chi connectivity index (χ0n) is 9.30. The van der Waals surface area contributed by atoms with Crippen molar-refractivity contribution in [3.8, 4) is 0 Å². The molecule has 2 heteroatoms. The summed E-state index contributed by atoms with van der Waals surface area (Å²) in [5.74, 6) is 1.72. The van der Waals surface area contributed by atoms with E-state index < -0.39 is 0 Å². The first kappa shape index (κ1) is 10.4. The highest BCUT2D eigenvalue weighted by Crippen LogP contribution is 2.27. The lowest BCUT2D eigenvalue weighted by Gasteiger charge is -2.21. The van der Waals surface area contributed by atoms with E-state index >= 15 is 0 Å². The predicted octanol–water partition coefficient (Wildman–Crippen LogP) is 2.19. The van der Waals surface area contributed by atoms with Crippen molar-refractivity contribution in [1.82, 2.24) is 5.32 Å². The summed E-state index contributed by atoms with van der Waals surface area (Å²) in [6.07, 6.45) is 7.03. The van der Waals surface area contributed by atoms with E-state index in [1.165, 1.54) is 32.1 Å². The van der Waals surface area contributed by atoms with Crippen molar-refractivity contribution in [2.24, 2.45) is 11.8 Å². The van der Waals surface area contributed by atoms with Crippen LogP contribution >= 0.6 is 0 Å². The molecule has 1 saturated heterocycles. The molecule has 2 atom stereocenters. The number of hydrogen-bond donors (Lipinski definition) is 1. The minimum Gasteiger partial charge on any atom is -0.381 e. The Morgan fingerprint density at radius 1 is 1.29 bits per heavy atom. The SMILES string of the molecule is C[C@@H](NCC1CCOC1)C1CCCC1. The molecule has 2 rings (SSSR count). The van der Waals surface area contributed by atoms with Gasteiger partial charge in [0.1, 0.15) is 0 Å². The molecule has 0 aromatic rings. The second-order valence-electron chi connectivity index (χ2n) is 4.97. The smallest absolute Gasteiger partial charge is 0.0507 e. The summed E-state index contributed by atoms with van der Waals surface area (Å²) in [5, 5.41) is 3.69. The molecule has 0 aromatic carbocycles. The van der Waals surface area contributed by atoms with Gasteiger partial charge in [-0.05, 0) is 38.0 Å². The van der Waals surface area contributed by atoms with Crippen LogP contribution in [0.5, 0.6) is 0 Å². The third-order valence-electron chi connectivity index (χ3n) is 3.86. The van der Waals surface area contributed by atoms with Gasteiger partial charge in [-0.1, -0.05) is 12.8 Å². The molecule has 2 fully saturated rings. The first-order chi connectivity index (χ1) is 6.86. The van der Waals surface area contributed by atoms with E-state index in [4.69, 9.17) is 4.74 Å². The Bertz CT molecular complexity index is 160. The Morgan fingerprint density at radius 2 is 2.07 bits per heavy atom. The van der Waals surface area contributed by atoms with Gasteiger partial charge >= 0.3 is 0 Å². The van der Waals surface area contributed by atoms with Gasteiger partial charge in [0.25, 0.3) is 0 Å². The van der Waals surface area contributed by atoms with E-state index in [0.29, 0.717) is 0 Å². The van der Waals surface area contributed by atoms with Crippen molar-refractivity contribution in [2.45, 2.75) is 45.1 Å². The van der Waals surface area contributed by atoms with E-state index in [9.17, 15) is 0 Å². The predicted molar refractivity (Wildman–Crippen MR) is 58.3 cm³/mol. The Hall–Kier alpha value is -0.0800. The van der Waals surface area contributed by atoms with Gasteiger partial charge in [-0.3, -0.25) is 0 Å². The van der Waals surface area contributed by atoms with Crippen molar-refractivity contribution < 1.29 is 4.74 Å². The van der Waals surface area contributed by atoms with Gasteiger partial charge in [-0.2, -0.15) is 0 Å².